The van der Waals surface area contributed by atoms with E-state index in [-0.39, 0.29) is 12.5 Å². The number of halogens is 1. The number of carbonyl (C=O) groups is 2. The van der Waals surface area contributed by atoms with E-state index in [1.165, 1.54) is 12.0 Å². The first-order valence-electron chi connectivity index (χ1n) is 5.83. The standard InChI is InChI=1S/C12H15BrN2O4/c1-14-6-8(13)5-9(14)11(16)15-3-4-19-7-10(15)12(17)18-2/h5-6,10H,3-4,7H2,1-2H3. The Labute approximate surface area is 119 Å². The Morgan fingerprint density at radius 3 is 2.84 bits per heavy atom. The molecule has 1 aliphatic rings. The van der Waals surface area contributed by atoms with Crippen LogP contribution in [0.25, 0.3) is 0 Å². The van der Waals surface area contributed by atoms with Gasteiger partial charge in [-0.2, -0.15) is 0 Å². The van der Waals surface area contributed by atoms with Crippen LogP contribution >= 0.6 is 15.9 Å². The summed E-state index contributed by atoms with van der Waals surface area (Å²) in [6.45, 7) is 0.968. The second-order valence-corrected chi connectivity index (χ2v) is 5.18. The van der Waals surface area contributed by atoms with Crippen LogP contribution in [0.5, 0.6) is 0 Å². The Balaban J connectivity index is 2.25. The maximum absolute atomic E-state index is 12.5. The lowest BCUT2D eigenvalue weighted by Crippen LogP contribution is -2.53. The Kier molecular flexibility index (Phi) is 4.26. The molecule has 0 radical (unpaired) electrons. The van der Waals surface area contributed by atoms with Crippen molar-refractivity contribution in [2.45, 2.75) is 6.04 Å². The highest BCUT2D eigenvalue weighted by Gasteiger charge is 2.35. The molecule has 0 aromatic carbocycles. The van der Waals surface area contributed by atoms with Crippen molar-refractivity contribution >= 4 is 27.8 Å². The SMILES string of the molecule is COC(=O)C1COCCN1C(=O)c1cc(Br)cn1C. The minimum Gasteiger partial charge on any atom is -0.467 e. The molecule has 0 saturated carbocycles. The highest BCUT2D eigenvalue weighted by molar-refractivity contribution is 9.10. The first-order chi connectivity index (χ1) is 9.04. The van der Waals surface area contributed by atoms with Crippen LogP contribution in [0.4, 0.5) is 0 Å². The lowest BCUT2D eigenvalue weighted by molar-refractivity contribution is -0.151. The monoisotopic (exact) mass is 330 g/mol. The molecule has 1 saturated heterocycles. The number of nitrogens with zero attached hydrogens (tertiary/aromatic N) is 2. The lowest BCUT2D eigenvalue weighted by atomic mass is 10.2. The zero-order valence-corrected chi connectivity index (χ0v) is 12.3. The third kappa shape index (κ3) is 2.82. The highest BCUT2D eigenvalue weighted by atomic mass is 79.9. The number of ether oxygens (including phenoxy) is 2. The lowest BCUT2D eigenvalue weighted by Gasteiger charge is -2.33. The van der Waals surface area contributed by atoms with E-state index in [9.17, 15) is 9.59 Å². The molecule has 1 unspecified atom stereocenters. The highest BCUT2D eigenvalue weighted by Crippen LogP contribution is 2.18. The Hall–Kier alpha value is -1.34. The van der Waals surface area contributed by atoms with Crippen LogP contribution in [0.15, 0.2) is 16.7 Å². The van der Waals surface area contributed by atoms with Gasteiger partial charge < -0.3 is 18.9 Å². The number of hydrogen-bond donors (Lipinski definition) is 0. The second kappa shape index (κ2) is 5.75. The van der Waals surface area contributed by atoms with E-state index in [1.807, 2.05) is 0 Å². The molecule has 104 valence electrons. The van der Waals surface area contributed by atoms with E-state index >= 15 is 0 Å². The summed E-state index contributed by atoms with van der Waals surface area (Å²) in [5, 5.41) is 0. The zero-order chi connectivity index (χ0) is 14.0. The first-order valence-corrected chi connectivity index (χ1v) is 6.62. The summed E-state index contributed by atoms with van der Waals surface area (Å²) in [6, 6.07) is 1.05. The fourth-order valence-electron chi connectivity index (χ4n) is 2.06. The summed E-state index contributed by atoms with van der Waals surface area (Å²) in [6.07, 6.45) is 1.79. The number of rotatable bonds is 2. The molecular weight excluding hydrogens is 316 g/mol. The number of morpholine rings is 1. The topological polar surface area (TPSA) is 60.8 Å². The minimum atomic E-state index is -0.681. The smallest absolute Gasteiger partial charge is 0.331 e. The molecule has 2 rings (SSSR count). The van der Waals surface area contributed by atoms with Gasteiger partial charge in [0.05, 0.1) is 20.3 Å². The molecule has 6 nitrogen and oxygen atoms in total. The Morgan fingerprint density at radius 1 is 1.53 bits per heavy atom. The maximum atomic E-state index is 12.5. The van der Waals surface area contributed by atoms with Crippen LogP contribution in [-0.4, -0.2) is 54.3 Å². The molecule has 1 aromatic rings. The van der Waals surface area contributed by atoms with Gasteiger partial charge in [-0.3, -0.25) is 4.79 Å². The van der Waals surface area contributed by atoms with Crippen LogP contribution in [0.3, 0.4) is 0 Å². The molecule has 19 heavy (non-hydrogen) atoms. The number of carbonyl (C=O) groups excluding carboxylic acids is 2. The molecule has 0 aliphatic carbocycles. The van der Waals surface area contributed by atoms with Crippen molar-refractivity contribution in [3.05, 3.63) is 22.4 Å². The summed E-state index contributed by atoms with van der Waals surface area (Å²) in [7, 11) is 3.09. The number of amides is 1. The van der Waals surface area contributed by atoms with Crippen LogP contribution in [0.1, 0.15) is 10.5 Å². The fraction of sp³-hybridized carbons (Fsp3) is 0.500. The van der Waals surface area contributed by atoms with Crippen LogP contribution < -0.4 is 0 Å². The van der Waals surface area contributed by atoms with E-state index in [0.29, 0.717) is 18.8 Å². The zero-order valence-electron chi connectivity index (χ0n) is 10.8. The van der Waals surface area contributed by atoms with Crippen molar-refractivity contribution in [3.63, 3.8) is 0 Å². The predicted octanol–water partition coefficient (Wildman–Crippen LogP) is 0.802. The van der Waals surface area contributed by atoms with Crippen molar-refractivity contribution in [2.75, 3.05) is 26.9 Å². The molecule has 0 N–H and O–H groups in total. The van der Waals surface area contributed by atoms with Gasteiger partial charge in [0.25, 0.3) is 5.91 Å². The summed E-state index contributed by atoms with van der Waals surface area (Å²) >= 11 is 3.33. The minimum absolute atomic E-state index is 0.171. The van der Waals surface area contributed by atoms with Gasteiger partial charge in [0, 0.05) is 24.3 Å². The molecule has 1 aliphatic heterocycles. The largest absolute Gasteiger partial charge is 0.467 e. The third-order valence-electron chi connectivity index (χ3n) is 3.05. The summed E-state index contributed by atoms with van der Waals surface area (Å²) < 4.78 is 12.5. The van der Waals surface area contributed by atoms with Gasteiger partial charge in [0.15, 0.2) is 6.04 Å². The van der Waals surface area contributed by atoms with Gasteiger partial charge in [-0.05, 0) is 22.0 Å². The van der Waals surface area contributed by atoms with E-state index in [0.717, 1.165) is 4.47 Å². The molecule has 1 fully saturated rings. The number of aromatic nitrogens is 1. The van der Waals surface area contributed by atoms with E-state index in [2.05, 4.69) is 15.9 Å². The van der Waals surface area contributed by atoms with Crippen molar-refractivity contribution < 1.29 is 19.1 Å². The summed E-state index contributed by atoms with van der Waals surface area (Å²) in [5.74, 6) is -0.659. The van der Waals surface area contributed by atoms with Crippen molar-refractivity contribution in [1.29, 1.82) is 0 Å². The van der Waals surface area contributed by atoms with E-state index in [4.69, 9.17) is 9.47 Å². The third-order valence-corrected chi connectivity index (χ3v) is 3.49. The van der Waals surface area contributed by atoms with Gasteiger partial charge in [0.1, 0.15) is 5.69 Å². The fourth-order valence-corrected chi connectivity index (χ4v) is 2.59. The average Bonchev–Trinajstić information content (AvgIpc) is 2.76. The summed E-state index contributed by atoms with van der Waals surface area (Å²) in [4.78, 5) is 25.7. The molecule has 1 amide bonds. The number of hydrogen-bond acceptors (Lipinski definition) is 4. The van der Waals surface area contributed by atoms with Crippen molar-refractivity contribution in [3.8, 4) is 0 Å². The molecule has 1 atom stereocenters. The van der Waals surface area contributed by atoms with Crippen LogP contribution in [0, 0.1) is 0 Å². The van der Waals surface area contributed by atoms with Crippen LogP contribution in [-0.2, 0) is 21.3 Å². The van der Waals surface area contributed by atoms with Gasteiger partial charge >= 0.3 is 5.97 Å². The quantitative estimate of drug-likeness (QED) is 0.752. The average molecular weight is 331 g/mol. The molecule has 2 heterocycles. The van der Waals surface area contributed by atoms with E-state index in [1.54, 1.807) is 23.9 Å². The van der Waals surface area contributed by atoms with Gasteiger partial charge in [-0.15, -0.1) is 0 Å². The van der Waals surface area contributed by atoms with Crippen molar-refractivity contribution in [1.82, 2.24) is 9.47 Å². The first kappa shape index (κ1) is 14.1. The number of methoxy groups -OCH3 is 1. The molecular formula is C12H15BrN2O4. The molecule has 7 heteroatoms. The number of esters is 1. The summed E-state index contributed by atoms with van der Waals surface area (Å²) in [5.41, 5.74) is 0.516. The Morgan fingerprint density at radius 2 is 2.26 bits per heavy atom. The second-order valence-electron chi connectivity index (χ2n) is 4.27. The van der Waals surface area contributed by atoms with Gasteiger partial charge in [-0.1, -0.05) is 0 Å². The van der Waals surface area contributed by atoms with E-state index < -0.39 is 12.0 Å². The van der Waals surface area contributed by atoms with Crippen LogP contribution in [0.2, 0.25) is 0 Å². The van der Waals surface area contributed by atoms with Gasteiger partial charge in [0.2, 0.25) is 0 Å². The molecule has 0 spiro atoms. The molecule has 1 aromatic heterocycles. The molecule has 0 bridgehead atoms. The van der Waals surface area contributed by atoms with Crippen molar-refractivity contribution in [2.24, 2.45) is 7.05 Å². The number of aryl methyl sites for hydroxylation is 1. The maximum Gasteiger partial charge on any atom is 0.331 e. The predicted molar refractivity (Wildman–Crippen MR) is 70.8 cm³/mol. The van der Waals surface area contributed by atoms with Gasteiger partial charge in [-0.25, -0.2) is 4.79 Å². The Bertz CT molecular complexity index is 500. The normalized spacial score (nSPS) is 19.3.